The Morgan fingerprint density at radius 1 is 0.970 bits per heavy atom. The molecule has 0 saturated carbocycles. The fourth-order valence-corrected chi connectivity index (χ4v) is 3.77. The van der Waals surface area contributed by atoms with E-state index >= 15 is 0 Å². The summed E-state index contributed by atoms with van der Waals surface area (Å²) in [6, 6.07) is 17.8. The molecule has 0 bridgehead atoms. The normalized spacial score (nSPS) is 13.8. The predicted molar refractivity (Wildman–Crippen MR) is 128 cm³/mol. The van der Waals surface area contributed by atoms with Crippen molar-refractivity contribution in [2.45, 2.75) is 26.9 Å². The van der Waals surface area contributed by atoms with Crippen molar-refractivity contribution in [1.82, 2.24) is 0 Å². The zero-order chi connectivity index (χ0) is 23.7. The van der Waals surface area contributed by atoms with Crippen LogP contribution in [0.25, 0.3) is 5.57 Å². The number of nitrogens with zero attached hydrogens (tertiary/aromatic N) is 1. The Kier molecular flexibility index (Phi) is 6.20. The largest absolute Gasteiger partial charge is 0.491 e. The lowest BCUT2D eigenvalue weighted by Gasteiger charge is -2.16. The molecule has 7 heteroatoms. The minimum absolute atomic E-state index is 0.00987. The van der Waals surface area contributed by atoms with Crippen LogP contribution >= 0.6 is 11.6 Å². The maximum absolute atomic E-state index is 14.5. The van der Waals surface area contributed by atoms with E-state index in [1.807, 2.05) is 20.8 Å². The second-order valence-corrected chi connectivity index (χ2v) is 8.36. The molecule has 0 radical (unpaired) electrons. The van der Waals surface area contributed by atoms with Gasteiger partial charge in [0.05, 0.1) is 17.4 Å². The fourth-order valence-electron chi connectivity index (χ4n) is 3.60. The number of aryl methyl sites for hydroxylation is 1. The van der Waals surface area contributed by atoms with Crippen LogP contribution in [0.3, 0.4) is 0 Å². The zero-order valence-corrected chi connectivity index (χ0v) is 19.1. The number of carbonyl (C=O) groups excluding carboxylic acids is 2. The maximum Gasteiger partial charge on any atom is 0.282 e. The molecule has 0 aromatic heterocycles. The first-order chi connectivity index (χ1) is 15.8. The van der Waals surface area contributed by atoms with Gasteiger partial charge in [-0.15, -0.1) is 0 Å². The van der Waals surface area contributed by atoms with Crippen LogP contribution in [0.5, 0.6) is 5.75 Å². The van der Waals surface area contributed by atoms with Crippen LogP contribution in [0.2, 0.25) is 5.02 Å². The van der Waals surface area contributed by atoms with E-state index in [0.29, 0.717) is 22.0 Å². The molecule has 0 saturated heterocycles. The Morgan fingerprint density at radius 3 is 2.33 bits per heavy atom. The average Bonchev–Trinajstić information content (AvgIpc) is 3.01. The van der Waals surface area contributed by atoms with Gasteiger partial charge in [0.25, 0.3) is 11.8 Å². The monoisotopic (exact) mass is 464 g/mol. The van der Waals surface area contributed by atoms with Crippen LogP contribution in [-0.4, -0.2) is 17.9 Å². The van der Waals surface area contributed by atoms with Gasteiger partial charge in [-0.2, -0.15) is 0 Å². The van der Waals surface area contributed by atoms with Gasteiger partial charge in [0.15, 0.2) is 0 Å². The second-order valence-electron chi connectivity index (χ2n) is 7.92. The van der Waals surface area contributed by atoms with Gasteiger partial charge < -0.3 is 10.1 Å². The maximum atomic E-state index is 14.5. The molecular weight excluding hydrogens is 443 g/mol. The molecule has 5 nitrogen and oxygen atoms in total. The van der Waals surface area contributed by atoms with Gasteiger partial charge in [0.2, 0.25) is 0 Å². The minimum atomic E-state index is -0.667. The van der Waals surface area contributed by atoms with Crippen molar-refractivity contribution in [3.8, 4) is 5.75 Å². The molecule has 0 fully saturated rings. The number of ether oxygens (including phenoxy) is 1. The molecule has 1 aliphatic heterocycles. The number of nitrogens with one attached hydrogen (secondary N) is 1. The quantitative estimate of drug-likeness (QED) is 0.456. The summed E-state index contributed by atoms with van der Waals surface area (Å²) in [4.78, 5) is 27.7. The number of amides is 2. The third kappa shape index (κ3) is 4.47. The third-order valence-corrected chi connectivity index (χ3v) is 5.39. The summed E-state index contributed by atoms with van der Waals surface area (Å²) >= 11 is 6.14. The molecule has 2 amide bonds. The molecule has 0 aliphatic carbocycles. The topological polar surface area (TPSA) is 58.6 Å². The molecule has 4 rings (SSSR count). The molecule has 0 atom stereocenters. The first-order valence-corrected chi connectivity index (χ1v) is 10.8. The van der Waals surface area contributed by atoms with Crippen LogP contribution in [0.15, 0.2) is 72.4 Å². The van der Waals surface area contributed by atoms with Gasteiger partial charge in [-0.25, -0.2) is 9.29 Å². The Balaban J connectivity index is 1.82. The first kappa shape index (κ1) is 22.6. The predicted octanol–water partition coefficient (Wildman–Crippen LogP) is 5.97. The summed E-state index contributed by atoms with van der Waals surface area (Å²) in [6.45, 7) is 5.68. The highest BCUT2D eigenvalue weighted by Gasteiger charge is 2.41. The standard InChI is InChI=1S/C26H22ClFN2O3/c1-15(2)33-19-12-9-17(10-13-19)23-24(29-21-14-18(27)11-8-16(21)3)26(32)30(25(23)31)22-7-5-4-6-20(22)28/h4-15,29H,1-3H3. The van der Waals surface area contributed by atoms with Crippen LogP contribution in [0.1, 0.15) is 25.0 Å². The van der Waals surface area contributed by atoms with Crippen molar-refractivity contribution < 1.29 is 18.7 Å². The fraction of sp³-hybridized carbons (Fsp3) is 0.154. The molecule has 1 heterocycles. The third-order valence-electron chi connectivity index (χ3n) is 5.15. The van der Waals surface area contributed by atoms with Crippen molar-refractivity contribution in [3.05, 3.63) is 94.4 Å². The number of carbonyl (C=O) groups is 2. The van der Waals surface area contributed by atoms with Gasteiger partial charge >= 0.3 is 0 Å². The van der Waals surface area contributed by atoms with Crippen molar-refractivity contribution in [1.29, 1.82) is 0 Å². The lowest BCUT2D eigenvalue weighted by Crippen LogP contribution is -2.33. The van der Waals surface area contributed by atoms with E-state index in [2.05, 4.69) is 5.32 Å². The number of imide groups is 1. The minimum Gasteiger partial charge on any atom is -0.491 e. The summed E-state index contributed by atoms with van der Waals surface area (Å²) < 4.78 is 20.2. The van der Waals surface area contributed by atoms with Crippen LogP contribution in [0.4, 0.5) is 15.8 Å². The van der Waals surface area contributed by atoms with Crippen molar-refractivity contribution in [2.24, 2.45) is 0 Å². The number of benzene rings is 3. The Morgan fingerprint density at radius 2 is 1.67 bits per heavy atom. The Labute approximate surface area is 196 Å². The van der Waals surface area contributed by atoms with Crippen molar-refractivity contribution in [3.63, 3.8) is 0 Å². The smallest absolute Gasteiger partial charge is 0.282 e. The summed E-state index contributed by atoms with van der Waals surface area (Å²) in [6.07, 6.45) is -0.00987. The number of anilines is 2. The Hall–Kier alpha value is -3.64. The lowest BCUT2D eigenvalue weighted by molar-refractivity contribution is -0.120. The van der Waals surface area contributed by atoms with E-state index in [4.69, 9.17) is 16.3 Å². The van der Waals surface area contributed by atoms with Crippen LogP contribution in [-0.2, 0) is 9.59 Å². The second kappa shape index (κ2) is 9.08. The van der Waals surface area contributed by atoms with Gasteiger partial charge in [0.1, 0.15) is 17.3 Å². The molecule has 3 aromatic carbocycles. The van der Waals surface area contributed by atoms with Crippen molar-refractivity contribution >= 4 is 40.4 Å². The number of rotatable bonds is 6. The lowest BCUT2D eigenvalue weighted by atomic mass is 10.0. The Bertz CT molecular complexity index is 1270. The van der Waals surface area contributed by atoms with E-state index in [0.717, 1.165) is 10.5 Å². The van der Waals surface area contributed by atoms with Gasteiger partial charge in [0, 0.05) is 10.7 Å². The van der Waals surface area contributed by atoms with Crippen LogP contribution < -0.4 is 15.0 Å². The molecular formula is C26H22ClFN2O3. The number of halogens is 2. The molecule has 0 unspecified atom stereocenters. The summed E-state index contributed by atoms with van der Waals surface area (Å²) in [5.74, 6) is -1.30. The molecule has 33 heavy (non-hydrogen) atoms. The number of para-hydroxylation sites is 1. The molecule has 3 aromatic rings. The summed E-state index contributed by atoms with van der Waals surface area (Å²) in [7, 11) is 0. The van der Waals surface area contributed by atoms with E-state index in [1.165, 1.54) is 18.2 Å². The molecule has 168 valence electrons. The molecule has 1 aliphatic rings. The van der Waals surface area contributed by atoms with E-state index in [9.17, 15) is 14.0 Å². The molecule has 1 N–H and O–H groups in total. The number of hydrogen-bond acceptors (Lipinski definition) is 4. The van der Waals surface area contributed by atoms with Gasteiger partial charge in [-0.05, 0) is 68.3 Å². The van der Waals surface area contributed by atoms with E-state index in [1.54, 1.807) is 48.5 Å². The summed E-state index contributed by atoms with van der Waals surface area (Å²) in [5, 5.41) is 3.55. The number of hydrogen-bond donors (Lipinski definition) is 1. The average molecular weight is 465 g/mol. The highest BCUT2D eigenvalue weighted by atomic mass is 35.5. The zero-order valence-electron chi connectivity index (χ0n) is 18.4. The van der Waals surface area contributed by atoms with Crippen molar-refractivity contribution in [2.75, 3.05) is 10.2 Å². The van der Waals surface area contributed by atoms with E-state index in [-0.39, 0.29) is 23.1 Å². The highest BCUT2D eigenvalue weighted by Crippen LogP contribution is 2.36. The SMILES string of the molecule is Cc1ccc(Cl)cc1NC1=C(c2ccc(OC(C)C)cc2)C(=O)N(c2ccccc2F)C1=O. The van der Waals surface area contributed by atoms with Gasteiger partial charge in [-0.1, -0.05) is 41.9 Å². The van der Waals surface area contributed by atoms with Gasteiger partial charge in [-0.3, -0.25) is 9.59 Å². The van der Waals surface area contributed by atoms with Crippen LogP contribution in [0, 0.1) is 12.7 Å². The first-order valence-electron chi connectivity index (χ1n) is 10.4. The highest BCUT2D eigenvalue weighted by molar-refractivity contribution is 6.46. The van der Waals surface area contributed by atoms with E-state index < -0.39 is 17.6 Å². The summed E-state index contributed by atoms with van der Waals surface area (Å²) in [5.41, 5.74) is 1.99. The molecule has 0 spiro atoms.